The quantitative estimate of drug-likeness (QED) is 0.648. The van der Waals surface area contributed by atoms with Crippen LogP contribution in [0.3, 0.4) is 0 Å². The summed E-state index contributed by atoms with van der Waals surface area (Å²) in [5, 5.41) is 2.66. The Morgan fingerprint density at radius 3 is 3.07 bits per heavy atom. The van der Waals surface area contributed by atoms with E-state index in [1.165, 1.54) is 4.90 Å². The fraction of sp³-hybridized carbons (Fsp3) is 0.444. The lowest BCUT2D eigenvalue weighted by atomic mass is 10.1. The Balaban J connectivity index is 2.07. The highest BCUT2D eigenvalue weighted by molar-refractivity contribution is 5.94. The van der Waals surface area contributed by atoms with Gasteiger partial charge in [-0.2, -0.15) is 0 Å². The summed E-state index contributed by atoms with van der Waals surface area (Å²) in [4.78, 5) is 31.1. The van der Waals surface area contributed by atoms with Crippen molar-refractivity contribution in [1.82, 2.24) is 20.2 Å². The molecule has 1 saturated heterocycles. The number of carbonyl (C=O) groups excluding carboxylic acids is 2. The molecule has 6 heteroatoms. The maximum absolute atomic E-state index is 11.7. The van der Waals surface area contributed by atoms with Crippen molar-refractivity contribution in [3.8, 4) is 0 Å². The average molecular weight is 208 g/mol. The molecule has 1 aliphatic heterocycles. The van der Waals surface area contributed by atoms with Crippen molar-refractivity contribution in [3.63, 3.8) is 0 Å². The van der Waals surface area contributed by atoms with Crippen molar-refractivity contribution < 1.29 is 9.59 Å². The Morgan fingerprint density at radius 2 is 2.40 bits per heavy atom. The molecule has 6 nitrogen and oxygen atoms in total. The Labute approximate surface area is 86.7 Å². The van der Waals surface area contributed by atoms with Crippen molar-refractivity contribution in [1.29, 1.82) is 0 Å². The maximum atomic E-state index is 11.7. The molecule has 0 unspecified atom stereocenters. The van der Waals surface area contributed by atoms with Gasteiger partial charge < -0.3 is 15.2 Å². The fourth-order valence-corrected chi connectivity index (χ4v) is 1.62. The molecule has 2 heterocycles. The van der Waals surface area contributed by atoms with Gasteiger partial charge in [0.2, 0.25) is 11.8 Å². The third-order valence-electron chi connectivity index (χ3n) is 2.37. The number of imidazole rings is 1. The predicted octanol–water partition coefficient (Wildman–Crippen LogP) is -1.09. The lowest BCUT2D eigenvalue weighted by molar-refractivity contribution is -0.142. The molecule has 0 aliphatic carbocycles. The van der Waals surface area contributed by atoms with E-state index in [1.807, 2.05) is 0 Å². The number of aromatic nitrogens is 2. The minimum Gasteiger partial charge on any atom is -0.348 e. The molecule has 15 heavy (non-hydrogen) atoms. The molecule has 0 bridgehead atoms. The van der Waals surface area contributed by atoms with Crippen molar-refractivity contribution in [2.75, 3.05) is 13.6 Å². The van der Waals surface area contributed by atoms with Gasteiger partial charge >= 0.3 is 0 Å². The molecule has 2 rings (SSSR count). The van der Waals surface area contributed by atoms with Crippen LogP contribution in [0.15, 0.2) is 12.5 Å². The Bertz CT molecular complexity index is 373. The summed E-state index contributed by atoms with van der Waals surface area (Å²) in [5.74, 6) is -0.189. The zero-order chi connectivity index (χ0) is 10.8. The predicted molar refractivity (Wildman–Crippen MR) is 51.9 cm³/mol. The van der Waals surface area contributed by atoms with Gasteiger partial charge in [-0.1, -0.05) is 0 Å². The topological polar surface area (TPSA) is 78.1 Å². The number of hydrogen-bond acceptors (Lipinski definition) is 3. The van der Waals surface area contributed by atoms with Gasteiger partial charge in [0.15, 0.2) is 0 Å². The number of rotatable bonds is 2. The molecule has 0 aromatic carbocycles. The third kappa shape index (κ3) is 1.98. The summed E-state index contributed by atoms with van der Waals surface area (Å²) in [6, 6.07) is -0.475. The summed E-state index contributed by atoms with van der Waals surface area (Å²) >= 11 is 0. The summed E-state index contributed by atoms with van der Waals surface area (Å²) < 4.78 is 0. The molecular formula is C9H12N4O2. The molecule has 2 amide bonds. The highest BCUT2D eigenvalue weighted by Gasteiger charge is 2.30. The fourth-order valence-electron chi connectivity index (χ4n) is 1.62. The molecule has 1 aromatic rings. The van der Waals surface area contributed by atoms with Crippen LogP contribution in [0.4, 0.5) is 0 Å². The SMILES string of the molecule is CN1CC(=O)N[C@H](Cc2cnc[nH]2)C1=O. The first kappa shape index (κ1) is 9.70. The second-order valence-electron chi connectivity index (χ2n) is 3.60. The summed E-state index contributed by atoms with van der Waals surface area (Å²) in [6.45, 7) is 0.137. The number of likely N-dealkylation sites (N-methyl/N-ethyl adjacent to an activating group) is 1. The van der Waals surface area contributed by atoms with Crippen molar-refractivity contribution in [2.24, 2.45) is 0 Å². The maximum Gasteiger partial charge on any atom is 0.245 e. The molecule has 1 fully saturated rings. The van der Waals surface area contributed by atoms with Crippen LogP contribution < -0.4 is 5.32 Å². The monoisotopic (exact) mass is 208 g/mol. The largest absolute Gasteiger partial charge is 0.348 e. The summed E-state index contributed by atoms with van der Waals surface area (Å²) in [7, 11) is 1.63. The van der Waals surface area contributed by atoms with Gasteiger partial charge in [-0.05, 0) is 0 Å². The molecular weight excluding hydrogens is 196 g/mol. The van der Waals surface area contributed by atoms with Crippen LogP contribution in [0, 0.1) is 0 Å². The van der Waals surface area contributed by atoms with E-state index >= 15 is 0 Å². The Kier molecular flexibility index (Phi) is 2.40. The Morgan fingerprint density at radius 1 is 1.60 bits per heavy atom. The van der Waals surface area contributed by atoms with Crippen LogP contribution in [-0.4, -0.2) is 46.3 Å². The Hall–Kier alpha value is -1.85. The van der Waals surface area contributed by atoms with E-state index in [2.05, 4.69) is 15.3 Å². The van der Waals surface area contributed by atoms with E-state index in [0.29, 0.717) is 6.42 Å². The van der Waals surface area contributed by atoms with E-state index in [4.69, 9.17) is 0 Å². The van der Waals surface area contributed by atoms with Crippen LogP contribution in [0.25, 0.3) is 0 Å². The third-order valence-corrected chi connectivity index (χ3v) is 2.37. The van der Waals surface area contributed by atoms with Crippen LogP contribution in [-0.2, 0) is 16.0 Å². The number of nitrogens with one attached hydrogen (secondary N) is 2. The lowest BCUT2D eigenvalue weighted by Gasteiger charge is -2.29. The molecule has 0 radical (unpaired) electrons. The normalized spacial score (nSPS) is 21.7. The molecule has 2 N–H and O–H groups in total. The second-order valence-corrected chi connectivity index (χ2v) is 3.60. The first-order chi connectivity index (χ1) is 7.16. The average Bonchev–Trinajstić information content (AvgIpc) is 2.66. The second kappa shape index (κ2) is 3.72. The van der Waals surface area contributed by atoms with Gasteiger partial charge in [0.05, 0.1) is 12.9 Å². The van der Waals surface area contributed by atoms with Crippen LogP contribution in [0.1, 0.15) is 5.69 Å². The molecule has 1 aliphatic rings. The number of carbonyl (C=O) groups is 2. The minimum absolute atomic E-state index is 0.0656. The smallest absolute Gasteiger partial charge is 0.245 e. The van der Waals surface area contributed by atoms with Gasteiger partial charge in [0, 0.05) is 25.4 Å². The number of amides is 2. The number of piperazine rings is 1. The van der Waals surface area contributed by atoms with Crippen LogP contribution in [0.5, 0.6) is 0 Å². The van der Waals surface area contributed by atoms with Crippen LogP contribution >= 0.6 is 0 Å². The highest BCUT2D eigenvalue weighted by Crippen LogP contribution is 2.05. The zero-order valence-corrected chi connectivity index (χ0v) is 8.36. The summed E-state index contributed by atoms with van der Waals surface area (Å²) in [5.41, 5.74) is 0.837. The number of aromatic amines is 1. The molecule has 1 aromatic heterocycles. The number of hydrogen-bond donors (Lipinski definition) is 2. The molecule has 0 saturated carbocycles. The first-order valence-electron chi connectivity index (χ1n) is 4.68. The molecule has 0 spiro atoms. The van der Waals surface area contributed by atoms with Crippen molar-refractivity contribution in [2.45, 2.75) is 12.5 Å². The van der Waals surface area contributed by atoms with Gasteiger partial charge in [-0.25, -0.2) is 4.98 Å². The number of nitrogens with zero attached hydrogens (tertiary/aromatic N) is 2. The van der Waals surface area contributed by atoms with Crippen LogP contribution in [0.2, 0.25) is 0 Å². The standard InChI is InChI=1S/C9H12N4O2/c1-13-4-8(14)12-7(9(13)15)2-6-3-10-5-11-6/h3,5,7H,2,4H2,1H3,(H,10,11)(H,12,14)/t7-/m1/s1. The van der Waals surface area contributed by atoms with Gasteiger partial charge in [0.1, 0.15) is 6.04 Å². The van der Waals surface area contributed by atoms with Gasteiger partial charge in [-0.15, -0.1) is 0 Å². The van der Waals surface area contributed by atoms with E-state index in [1.54, 1.807) is 19.6 Å². The lowest BCUT2D eigenvalue weighted by Crippen LogP contribution is -2.57. The summed E-state index contributed by atoms with van der Waals surface area (Å²) in [6.07, 6.45) is 3.65. The van der Waals surface area contributed by atoms with E-state index in [0.717, 1.165) is 5.69 Å². The minimum atomic E-state index is -0.475. The van der Waals surface area contributed by atoms with Crippen molar-refractivity contribution >= 4 is 11.8 Å². The molecule has 1 atom stereocenters. The molecule has 80 valence electrons. The van der Waals surface area contributed by atoms with E-state index < -0.39 is 6.04 Å². The van der Waals surface area contributed by atoms with E-state index in [9.17, 15) is 9.59 Å². The highest BCUT2D eigenvalue weighted by atomic mass is 16.2. The first-order valence-corrected chi connectivity index (χ1v) is 4.68. The van der Waals surface area contributed by atoms with Gasteiger partial charge in [-0.3, -0.25) is 9.59 Å². The van der Waals surface area contributed by atoms with E-state index in [-0.39, 0.29) is 18.4 Å². The van der Waals surface area contributed by atoms with Gasteiger partial charge in [0.25, 0.3) is 0 Å². The van der Waals surface area contributed by atoms with Crippen molar-refractivity contribution in [3.05, 3.63) is 18.2 Å². The zero-order valence-electron chi connectivity index (χ0n) is 8.36. The number of H-pyrrole nitrogens is 1.